The van der Waals surface area contributed by atoms with Crippen LogP contribution in [0.2, 0.25) is 0 Å². The van der Waals surface area contributed by atoms with E-state index in [1.807, 2.05) is 24.0 Å². The van der Waals surface area contributed by atoms with Crippen molar-refractivity contribution in [3.63, 3.8) is 0 Å². The first kappa shape index (κ1) is 21.6. The van der Waals surface area contributed by atoms with Crippen molar-refractivity contribution < 1.29 is 14.7 Å². The smallest absolute Gasteiger partial charge is 0.245 e. The Morgan fingerprint density at radius 1 is 0.966 bits per heavy atom. The molecule has 29 heavy (non-hydrogen) atoms. The van der Waals surface area contributed by atoms with Gasteiger partial charge >= 0.3 is 0 Å². The van der Waals surface area contributed by atoms with Crippen LogP contribution < -0.4 is 0 Å². The van der Waals surface area contributed by atoms with Gasteiger partial charge in [-0.05, 0) is 56.7 Å². The van der Waals surface area contributed by atoms with E-state index in [0.29, 0.717) is 5.75 Å². The normalized spacial score (nSPS) is 23.0. The van der Waals surface area contributed by atoms with Gasteiger partial charge in [0, 0.05) is 45.7 Å². The second-order valence-corrected chi connectivity index (χ2v) is 8.51. The molecule has 0 aromatic heterocycles. The van der Waals surface area contributed by atoms with Crippen LogP contribution in [0.25, 0.3) is 0 Å². The number of benzene rings is 1. The summed E-state index contributed by atoms with van der Waals surface area (Å²) < 4.78 is 0. The Kier molecular flexibility index (Phi) is 7.53. The quantitative estimate of drug-likeness (QED) is 0.828. The van der Waals surface area contributed by atoms with Crippen LogP contribution in [-0.2, 0) is 9.59 Å². The third kappa shape index (κ3) is 5.72. The number of carbonyl (C=O) groups excluding carboxylic acids is 2. The van der Waals surface area contributed by atoms with E-state index in [1.165, 1.54) is 19.3 Å². The van der Waals surface area contributed by atoms with Gasteiger partial charge in [0.25, 0.3) is 0 Å². The number of hydrogen-bond acceptors (Lipinski definition) is 4. The van der Waals surface area contributed by atoms with Crippen LogP contribution in [0.4, 0.5) is 0 Å². The SMILES string of the molecule is CC(=O)N1CCC[C@H]1C(=O)N1CCCN(C2CCC2)CC1.Cc1cccc(O)c1. The van der Waals surface area contributed by atoms with Crippen molar-refractivity contribution in [1.29, 1.82) is 0 Å². The van der Waals surface area contributed by atoms with Crippen molar-refractivity contribution in [3.05, 3.63) is 29.8 Å². The van der Waals surface area contributed by atoms with Crippen molar-refractivity contribution >= 4 is 11.8 Å². The van der Waals surface area contributed by atoms with Gasteiger partial charge in [-0.25, -0.2) is 0 Å². The molecule has 1 aromatic carbocycles. The molecule has 6 heteroatoms. The summed E-state index contributed by atoms with van der Waals surface area (Å²) in [5.41, 5.74) is 1.09. The average Bonchev–Trinajstić information content (AvgIpc) is 3.01. The zero-order valence-corrected chi connectivity index (χ0v) is 17.8. The van der Waals surface area contributed by atoms with Gasteiger partial charge in [-0.2, -0.15) is 0 Å². The molecule has 4 rings (SSSR count). The van der Waals surface area contributed by atoms with Crippen molar-refractivity contribution in [2.45, 2.75) is 64.5 Å². The minimum Gasteiger partial charge on any atom is -0.508 e. The lowest BCUT2D eigenvalue weighted by Crippen LogP contribution is -2.48. The molecule has 2 amide bonds. The predicted molar refractivity (Wildman–Crippen MR) is 114 cm³/mol. The van der Waals surface area contributed by atoms with Crippen molar-refractivity contribution in [3.8, 4) is 5.75 Å². The third-order valence-corrected chi connectivity index (χ3v) is 6.38. The van der Waals surface area contributed by atoms with Gasteiger partial charge in [0.15, 0.2) is 0 Å². The summed E-state index contributed by atoms with van der Waals surface area (Å²) in [5.74, 6) is 0.555. The molecule has 1 aliphatic carbocycles. The summed E-state index contributed by atoms with van der Waals surface area (Å²) in [7, 11) is 0. The van der Waals surface area contributed by atoms with Gasteiger partial charge in [-0.15, -0.1) is 0 Å². The highest BCUT2D eigenvalue weighted by Gasteiger charge is 2.36. The first-order chi connectivity index (χ1) is 14.0. The van der Waals surface area contributed by atoms with E-state index in [2.05, 4.69) is 4.90 Å². The average molecular weight is 402 g/mol. The summed E-state index contributed by atoms with van der Waals surface area (Å²) in [4.78, 5) is 30.7. The second-order valence-electron chi connectivity index (χ2n) is 8.51. The number of nitrogens with zero attached hydrogens (tertiary/aromatic N) is 3. The van der Waals surface area contributed by atoms with E-state index in [0.717, 1.165) is 63.6 Å². The summed E-state index contributed by atoms with van der Waals surface area (Å²) in [6.45, 7) is 8.07. The van der Waals surface area contributed by atoms with E-state index in [1.54, 1.807) is 24.0 Å². The van der Waals surface area contributed by atoms with E-state index < -0.39 is 0 Å². The first-order valence-corrected chi connectivity index (χ1v) is 11.0. The monoisotopic (exact) mass is 401 g/mol. The van der Waals surface area contributed by atoms with Crippen molar-refractivity contribution in [2.75, 3.05) is 32.7 Å². The molecule has 1 saturated carbocycles. The minimum absolute atomic E-state index is 0.0387. The number of rotatable bonds is 2. The molecular weight excluding hydrogens is 366 g/mol. The summed E-state index contributed by atoms with van der Waals surface area (Å²) in [5, 5.41) is 8.81. The van der Waals surface area contributed by atoms with Crippen LogP contribution in [0.15, 0.2) is 24.3 Å². The zero-order valence-electron chi connectivity index (χ0n) is 17.8. The predicted octanol–water partition coefficient (Wildman–Crippen LogP) is 2.78. The Bertz CT molecular complexity index is 687. The van der Waals surface area contributed by atoms with Gasteiger partial charge in [0.2, 0.25) is 11.8 Å². The van der Waals surface area contributed by atoms with Crippen LogP contribution in [0.5, 0.6) is 5.75 Å². The molecule has 0 bridgehead atoms. The summed E-state index contributed by atoms with van der Waals surface area (Å²) in [6, 6.07) is 7.72. The number of hydrogen-bond donors (Lipinski definition) is 1. The molecule has 1 N–H and O–H groups in total. The number of carbonyl (C=O) groups is 2. The fraction of sp³-hybridized carbons (Fsp3) is 0.652. The number of phenols is 1. The van der Waals surface area contributed by atoms with E-state index >= 15 is 0 Å². The number of amides is 2. The van der Waals surface area contributed by atoms with Crippen LogP contribution >= 0.6 is 0 Å². The van der Waals surface area contributed by atoms with E-state index in [4.69, 9.17) is 5.11 Å². The number of aryl methyl sites for hydroxylation is 1. The molecule has 0 radical (unpaired) electrons. The molecule has 1 atom stereocenters. The Morgan fingerprint density at radius 3 is 2.34 bits per heavy atom. The zero-order chi connectivity index (χ0) is 20.8. The minimum atomic E-state index is -0.197. The van der Waals surface area contributed by atoms with Gasteiger partial charge < -0.3 is 14.9 Å². The molecule has 3 fully saturated rings. The van der Waals surface area contributed by atoms with Gasteiger partial charge in [0.1, 0.15) is 11.8 Å². The Hall–Kier alpha value is -2.08. The maximum absolute atomic E-state index is 12.7. The van der Waals surface area contributed by atoms with E-state index in [-0.39, 0.29) is 17.9 Å². The maximum Gasteiger partial charge on any atom is 0.245 e. The molecule has 2 saturated heterocycles. The van der Waals surface area contributed by atoms with Gasteiger partial charge in [-0.3, -0.25) is 14.5 Å². The van der Waals surface area contributed by atoms with E-state index in [9.17, 15) is 9.59 Å². The Morgan fingerprint density at radius 2 is 1.76 bits per heavy atom. The number of likely N-dealkylation sites (tertiary alicyclic amines) is 1. The molecule has 2 aliphatic heterocycles. The lowest BCUT2D eigenvalue weighted by atomic mass is 9.91. The molecule has 0 unspecified atom stereocenters. The lowest BCUT2D eigenvalue weighted by Gasteiger charge is -2.36. The molecule has 160 valence electrons. The summed E-state index contributed by atoms with van der Waals surface area (Å²) >= 11 is 0. The Balaban J connectivity index is 0.000000252. The topological polar surface area (TPSA) is 64.1 Å². The van der Waals surface area contributed by atoms with Crippen molar-refractivity contribution in [2.24, 2.45) is 0 Å². The fourth-order valence-electron chi connectivity index (χ4n) is 4.51. The molecule has 0 spiro atoms. The Labute approximate surface area is 174 Å². The van der Waals surface area contributed by atoms with Crippen LogP contribution in [0.1, 0.15) is 51.0 Å². The van der Waals surface area contributed by atoms with Crippen LogP contribution in [0.3, 0.4) is 0 Å². The number of aromatic hydroxyl groups is 1. The molecule has 2 heterocycles. The number of phenolic OH excluding ortho intramolecular Hbond substituents is 1. The highest BCUT2D eigenvalue weighted by atomic mass is 16.3. The molecule has 6 nitrogen and oxygen atoms in total. The fourth-order valence-corrected chi connectivity index (χ4v) is 4.51. The highest BCUT2D eigenvalue weighted by molar-refractivity contribution is 5.87. The summed E-state index contributed by atoms with van der Waals surface area (Å²) in [6.07, 6.45) is 6.87. The molecule has 3 aliphatic rings. The van der Waals surface area contributed by atoms with Crippen LogP contribution in [0, 0.1) is 6.92 Å². The van der Waals surface area contributed by atoms with Gasteiger partial charge in [-0.1, -0.05) is 18.6 Å². The first-order valence-electron chi connectivity index (χ1n) is 11.0. The lowest BCUT2D eigenvalue weighted by molar-refractivity contribution is -0.142. The largest absolute Gasteiger partial charge is 0.508 e. The molecule has 1 aromatic rings. The third-order valence-electron chi connectivity index (χ3n) is 6.38. The maximum atomic E-state index is 12.7. The van der Waals surface area contributed by atoms with Crippen molar-refractivity contribution in [1.82, 2.24) is 14.7 Å². The van der Waals surface area contributed by atoms with Crippen LogP contribution in [-0.4, -0.2) is 76.4 Å². The second kappa shape index (κ2) is 10.1. The standard InChI is InChI=1S/C16H27N3O2.C7H8O/c1-13(20)19-10-3-7-15(19)16(21)18-9-4-8-17(11-12-18)14-5-2-6-14;1-6-3-2-4-7(8)5-6/h14-15H,2-12H2,1H3;2-5,8H,1H3/t15-;/m0./s1. The highest BCUT2D eigenvalue weighted by Crippen LogP contribution is 2.26. The molecular formula is C23H35N3O3. The van der Waals surface area contributed by atoms with Gasteiger partial charge in [0.05, 0.1) is 0 Å².